The number of hydrogen-bond acceptors (Lipinski definition) is 6. The predicted octanol–water partition coefficient (Wildman–Crippen LogP) is 11.4. The first-order chi connectivity index (χ1) is 27.3. The van der Waals surface area contributed by atoms with Gasteiger partial charge in [0, 0.05) is 23.8 Å². The largest absolute Gasteiger partial charge is 0.457 e. The Hall–Kier alpha value is -6.02. The van der Waals surface area contributed by atoms with E-state index < -0.39 is 5.54 Å². The van der Waals surface area contributed by atoms with Crippen molar-refractivity contribution in [3.8, 4) is 23.0 Å². The number of carbonyl (C=O) groups excluding carboxylic acids is 4. The number of fused-ring (bicyclic) bond motifs is 1. The number of carbonyl (C=O) groups is 4. The van der Waals surface area contributed by atoms with Crippen LogP contribution in [0.2, 0.25) is 0 Å². The minimum absolute atomic E-state index is 0.0789. The maximum atomic E-state index is 14.0. The lowest BCUT2D eigenvalue weighted by Crippen LogP contribution is -2.45. The summed E-state index contributed by atoms with van der Waals surface area (Å²) >= 11 is 0. The molecular formula is C50H54N2O6. The zero-order valence-electron chi connectivity index (χ0n) is 35.6. The molecule has 0 unspecified atom stereocenters. The molecule has 5 aromatic rings. The van der Waals surface area contributed by atoms with Crippen LogP contribution in [-0.4, -0.2) is 41.5 Å². The smallest absolute Gasteiger partial charge is 0.262 e. The fraction of sp³-hybridized carbons (Fsp3) is 0.320. The zero-order valence-corrected chi connectivity index (χ0v) is 35.6. The average molecular weight is 779 g/mol. The van der Waals surface area contributed by atoms with Gasteiger partial charge < -0.3 is 14.4 Å². The number of benzene rings is 5. The van der Waals surface area contributed by atoms with Crippen LogP contribution in [0.15, 0.2) is 84.9 Å². The van der Waals surface area contributed by atoms with Crippen LogP contribution in [-0.2, 0) is 24.7 Å². The summed E-state index contributed by atoms with van der Waals surface area (Å²) < 4.78 is 12.1. The molecule has 0 bridgehead atoms. The molecule has 300 valence electrons. The van der Waals surface area contributed by atoms with Gasteiger partial charge >= 0.3 is 0 Å². The van der Waals surface area contributed by atoms with Gasteiger partial charge in [0.15, 0.2) is 6.29 Å². The molecule has 1 aliphatic heterocycles. The predicted molar refractivity (Wildman–Crippen MR) is 230 cm³/mol. The van der Waals surface area contributed by atoms with Crippen molar-refractivity contribution in [2.45, 2.75) is 99.5 Å². The maximum Gasteiger partial charge on any atom is 0.262 e. The van der Waals surface area contributed by atoms with Crippen molar-refractivity contribution in [3.63, 3.8) is 0 Å². The minimum atomic E-state index is -0.646. The summed E-state index contributed by atoms with van der Waals surface area (Å²) in [5, 5.41) is 0. The molecule has 0 aliphatic carbocycles. The summed E-state index contributed by atoms with van der Waals surface area (Å²) in [6.45, 7) is 20.8. The molecule has 8 heteroatoms. The molecule has 58 heavy (non-hydrogen) atoms. The van der Waals surface area contributed by atoms with Crippen molar-refractivity contribution in [1.29, 1.82) is 0 Å². The molecule has 0 aromatic heterocycles. The van der Waals surface area contributed by atoms with Crippen molar-refractivity contribution in [2.24, 2.45) is 0 Å². The highest BCUT2D eigenvalue weighted by atomic mass is 16.5. The second kappa shape index (κ2) is 16.1. The van der Waals surface area contributed by atoms with E-state index in [0.717, 1.165) is 36.1 Å². The quantitative estimate of drug-likeness (QED) is 0.0979. The Morgan fingerprint density at radius 1 is 0.672 bits per heavy atom. The summed E-state index contributed by atoms with van der Waals surface area (Å²) in [4.78, 5) is 55.2. The molecule has 1 aliphatic rings. The van der Waals surface area contributed by atoms with Gasteiger partial charge in [0.1, 0.15) is 23.0 Å². The van der Waals surface area contributed by atoms with E-state index in [2.05, 4.69) is 65.8 Å². The molecule has 0 spiro atoms. The molecule has 1 heterocycles. The van der Waals surface area contributed by atoms with E-state index in [0.29, 0.717) is 40.4 Å². The summed E-state index contributed by atoms with van der Waals surface area (Å²) in [6, 6.07) is 25.6. The van der Waals surface area contributed by atoms with E-state index >= 15 is 0 Å². The molecule has 0 saturated heterocycles. The third-order valence-electron chi connectivity index (χ3n) is 10.7. The normalized spacial score (nSPS) is 12.8. The standard InChI is InChI=1S/C50H54N2O6/c1-12-34-25-32(22-30(3)44(34)49(5,6)7)24-33-23-31(4)45(35(13-2)26-33)51(11)46(54)41-20-18-39(27-36(41)29-53)57-37-14-16-38(17-15-37)58-40-19-21-42-43(28-40)48(56)52(47(42)55)50(8,9)10/h14-23,25-29H,12-13,24H2,1-11H3. The third kappa shape index (κ3) is 8.33. The van der Waals surface area contributed by atoms with E-state index in [1.54, 1.807) is 72.6 Å². The van der Waals surface area contributed by atoms with E-state index in [-0.39, 0.29) is 34.3 Å². The van der Waals surface area contributed by atoms with Gasteiger partial charge in [-0.15, -0.1) is 0 Å². The summed E-state index contributed by atoms with van der Waals surface area (Å²) in [6.07, 6.45) is 3.20. The first kappa shape index (κ1) is 41.6. The molecule has 0 fully saturated rings. The summed E-state index contributed by atoms with van der Waals surface area (Å²) in [5.41, 5.74) is 10.1. The van der Waals surface area contributed by atoms with E-state index in [4.69, 9.17) is 9.47 Å². The van der Waals surface area contributed by atoms with E-state index in [9.17, 15) is 19.2 Å². The van der Waals surface area contributed by atoms with E-state index in [1.165, 1.54) is 32.7 Å². The molecule has 6 rings (SSSR count). The lowest BCUT2D eigenvalue weighted by atomic mass is 9.79. The number of imide groups is 1. The Labute approximate surface area is 342 Å². The van der Waals surface area contributed by atoms with Crippen molar-refractivity contribution in [2.75, 3.05) is 11.9 Å². The van der Waals surface area contributed by atoms with Crippen LogP contribution in [0.3, 0.4) is 0 Å². The lowest BCUT2D eigenvalue weighted by molar-refractivity contribution is 0.0507. The zero-order chi connectivity index (χ0) is 42.3. The van der Waals surface area contributed by atoms with Crippen molar-refractivity contribution < 1.29 is 28.7 Å². The van der Waals surface area contributed by atoms with Crippen LogP contribution < -0.4 is 14.4 Å². The molecule has 5 aromatic carbocycles. The van der Waals surface area contributed by atoms with Gasteiger partial charge in [-0.25, -0.2) is 0 Å². The fourth-order valence-electron chi connectivity index (χ4n) is 8.34. The first-order valence-corrected chi connectivity index (χ1v) is 20.0. The number of amides is 3. The number of anilines is 1. The van der Waals surface area contributed by atoms with Gasteiger partial charge in [-0.2, -0.15) is 0 Å². The SMILES string of the molecule is CCc1cc(Cc2cc(C)c(C(C)(C)C)c(CC)c2)cc(C)c1N(C)C(=O)c1ccc(Oc2ccc(Oc3ccc4c(c3)C(=O)N(C(C)(C)C)C4=O)cc2)cc1C=O. The number of ether oxygens (including phenoxy) is 2. The minimum Gasteiger partial charge on any atom is -0.457 e. The van der Waals surface area contributed by atoms with Crippen LogP contribution in [0.5, 0.6) is 23.0 Å². The van der Waals surface area contributed by atoms with Gasteiger partial charge in [-0.3, -0.25) is 24.1 Å². The van der Waals surface area contributed by atoms with Crippen molar-refractivity contribution >= 4 is 29.7 Å². The average Bonchev–Trinajstić information content (AvgIpc) is 3.42. The van der Waals surface area contributed by atoms with Crippen LogP contribution in [0.25, 0.3) is 0 Å². The second-order valence-electron chi connectivity index (χ2n) is 17.2. The van der Waals surface area contributed by atoms with Crippen molar-refractivity contribution in [1.82, 2.24) is 4.90 Å². The Balaban J connectivity index is 1.15. The van der Waals surface area contributed by atoms with Gasteiger partial charge in [-0.1, -0.05) is 58.9 Å². The Morgan fingerprint density at radius 2 is 1.19 bits per heavy atom. The number of hydrogen-bond donors (Lipinski definition) is 0. The van der Waals surface area contributed by atoms with Gasteiger partial charge in [-0.05, 0) is 159 Å². The summed E-state index contributed by atoms with van der Waals surface area (Å²) in [5.74, 6) is 0.857. The van der Waals surface area contributed by atoms with Crippen LogP contribution >= 0.6 is 0 Å². The molecule has 0 saturated carbocycles. The molecule has 8 nitrogen and oxygen atoms in total. The van der Waals surface area contributed by atoms with E-state index in [1.807, 2.05) is 27.7 Å². The second-order valence-corrected chi connectivity index (χ2v) is 17.2. The number of rotatable bonds is 11. The number of nitrogens with zero attached hydrogens (tertiary/aromatic N) is 2. The summed E-state index contributed by atoms with van der Waals surface area (Å²) in [7, 11) is 1.76. The highest BCUT2D eigenvalue weighted by Gasteiger charge is 2.42. The Bertz CT molecular complexity index is 2430. The number of aryl methyl sites for hydroxylation is 4. The van der Waals surface area contributed by atoms with Crippen LogP contribution in [0.1, 0.15) is 136 Å². The van der Waals surface area contributed by atoms with Crippen LogP contribution in [0.4, 0.5) is 5.69 Å². The first-order valence-electron chi connectivity index (χ1n) is 20.0. The molecule has 0 radical (unpaired) electrons. The fourth-order valence-corrected chi connectivity index (χ4v) is 8.34. The van der Waals surface area contributed by atoms with Gasteiger partial charge in [0.2, 0.25) is 0 Å². The maximum absolute atomic E-state index is 14.0. The monoisotopic (exact) mass is 778 g/mol. The molecule has 0 N–H and O–H groups in total. The Morgan fingerprint density at radius 3 is 1.74 bits per heavy atom. The Kier molecular flexibility index (Phi) is 11.5. The lowest BCUT2D eigenvalue weighted by Gasteiger charge is -2.29. The van der Waals surface area contributed by atoms with Crippen LogP contribution in [0, 0.1) is 13.8 Å². The molecule has 0 atom stereocenters. The van der Waals surface area contributed by atoms with Crippen molar-refractivity contribution in [3.05, 3.63) is 146 Å². The molecule has 3 amide bonds. The highest BCUT2D eigenvalue weighted by Crippen LogP contribution is 2.36. The third-order valence-corrected chi connectivity index (χ3v) is 10.7. The van der Waals surface area contributed by atoms with Gasteiger partial charge in [0.25, 0.3) is 17.7 Å². The molecular weight excluding hydrogens is 725 g/mol. The highest BCUT2D eigenvalue weighted by molar-refractivity contribution is 6.22. The van der Waals surface area contributed by atoms with Gasteiger partial charge in [0.05, 0.1) is 16.7 Å². The number of aldehydes is 1. The topological polar surface area (TPSA) is 93.2 Å².